The van der Waals surface area contributed by atoms with Crippen LogP contribution < -0.4 is 0 Å². The zero-order valence-corrected chi connectivity index (χ0v) is 6.27. The predicted octanol–water partition coefficient (Wildman–Crippen LogP) is 1.44. The summed E-state index contributed by atoms with van der Waals surface area (Å²) in [5, 5.41) is 9.00. The smallest absolute Gasteiger partial charge is 0.0642 e. The van der Waals surface area contributed by atoms with Gasteiger partial charge < -0.3 is 9.67 Å². The predicted molar refractivity (Wildman–Crippen MR) is 44.2 cm³/mol. The Morgan fingerprint density at radius 1 is 1.64 bits per heavy atom. The van der Waals surface area contributed by atoms with Gasteiger partial charge in [0.1, 0.15) is 0 Å². The second-order valence-corrected chi connectivity index (χ2v) is 2.81. The van der Waals surface area contributed by atoms with Crippen molar-refractivity contribution >= 4 is 6.08 Å². The second-order valence-electron chi connectivity index (χ2n) is 2.81. The highest BCUT2D eigenvalue weighted by atomic mass is 16.3. The van der Waals surface area contributed by atoms with Crippen molar-refractivity contribution in [3.8, 4) is 0 Å². The average molecular weight is 149 g/mol. The lowest BCUT2D eigenvalue weighted by atomic mass is 10.1. The Balaban J connectivity index is 2.41. The van der Waals surface area contributed by atoms with Crippen molar-refractivity contribution in [1.29, 1.82) is 0 Å². The van der Waals surface area contributed by atoms with Gasteiger partial charge in [-0.2, -0.15) is 0 Å². The number of fused-ring (bicyclic) bond motifs is 1. The normalized spacial score (nSPS) is 21.7. The van der Waals surface area contributed by atoms with Gasteiger partial charge in [0.25, 0.3) is 0 Å². The van der Waals surface area contributed by atoms with E-state index in [1.165, 1.54) is 5.69 Å². The highest BCUT2D eigenvalue weighted by molar-refractivity contribution is 5.47. The van der Waals surface area contributed by atoms with Gasteiger partial charge in [-0.05, 0) is 24.6 Å². The van der Waals surface area contributed by atoms with E-state index in [1.807, 2.05) is 12.3 Å². The summed E-state index contributed by atoms with van der Waals surface area (Å²) in [5.41, 5.74) is 1.19. The molecule has 0 amide bonds. The minimum absolute atomic E-state index is 0.228. The fourth-order valence-corrected chi connectivity index (χ4v) is 1.50. The van der Waals surface area contributed by atoms with E-state index in [4.69, 9.17) is 5.11 Å². The van der Waals surface area contributed by atoms with Crippen LogP contribution in [0.1, 0.15) is 18.2 Å². The zero-order chi connectivity index (χ0) is 7.68. The summed E-state index contributed by atoms with van der Waals surface area (Å²) < 4.78 is 2.11. The van der Waals surface area contributed by atoms with Crippen LogP contribution in [0.5, 0.6) is 0 Å². The maximum absolute atomic E-state index is 9.00. The number of hydrogen-bond donors (Lipinski definition) is 1. The summed E-state index contributed by atoms with van der Waals surface area (Å²) in [5.74, 6) is 0. The van der Waals surface area contributed by atoms with E-state index in [0.717, 1.165) is 6.42 Å². The van der Waals surface area contributed by atoms with Crippen molar-refractivity contribution in [3.05, 3.63) is 30.1 Å². The largest absolute Gasteiger partial charge is 0.394 e. The highest BCUT2D eigenvalue weighted by Crippen LogP contribution is 2.21. The Hall–Kier alpha value is -1.02. The van der Waals surface area contributed by atoms with Crippen LogP contribution in [0.4, 0.5) is 0 Å². The van der Waals surface area contributed by atoms with Crippen LogP contribution in [-0.2, 0) is 0 Å². The number of hydrogen-bond acceptors (Lipinski definition) is 1. The molecular formula is C9H11NO. The van der Waals surface area contributed by atoms with Gasteiger partial charge in [0.2, 0.25) is 0 Å². The average Bonchev–Trinajstić information content (AvgIpc) is 2.50. The lowest BCUT2D eigenvalue weighted by molar-refractivity contribution is 0.227. The van der Waals surface area contributed by atoms with E-state index < -0.39 is 0 Å². The molecule has 0 spiro atoms. The maximum atomic E-state index is 9.00. The Morgan fingerprint density at radius 3 is 3.36 bits per heavy atom. The monoisotopic (exact) mass is 149 g/mol. The summed E-state index contributed by atoms with van der Waals surface area (Å²) in [4.78, 5) is 0. The van der Waals surface area contributed by atoms with Crippen LogP contribution in [0.15, 0.2) is 24.4 Å². The highest BCUT2D eigenvalue weighted by Gasteiger charge is 2.12. The molecule has 1 aromatic heterocycles. The van der Waals surface area contributed by atoms with E-state index in [9.17, 15) is 0 Å². The second kappa shape index (κ2) is 2.55. The van der Waals surface area contributed by atoms with Crippen molar-refractivity contribution in [3.63, 3.8) is 0 Å². The Bertz CT molecular complexity index is 275. The van der Waals surface area contributed by atoms with Gasteiger partial charge in [-0.3, -0.25) is 0 Å². The first kappa shape index (κ1) is 6.68. The standard InChI is InChI=1S/C9H11NO/c11-7-9-4-1-3-8-5-2-6-10(8)9/h1-3,5-6,9,11H,4,7H2/t9-/m0/s1. The molecule has 2 nitrogen and oxygen atoms in total. The lowest BCUT2D eigenvalue weighted by Gasteiger charge is -2.20. The molecule has 1 aliphatic rings. The van der Waals surface area contributed by atoms with Gasteiger partial charge >= 0.3 is 0 Å². The molecule has 0 aliphatic carbocycles. The molecule has 0 aromatic carbocycles. The molecule has 2 heterocycles. The molecule has 0 saturated carbocycles. The number of nitrogens with zero attached hydrogens (tertiary/aromatic N) is 1. The first-order chi connectivity index (χ1) is 5.42. The zero-order valence-electron chi connectivity index (χ0n) is 6.27. The molecule has 1 aliphatic heterocycles. The summed E-state index contributed by atoms with van der Waals surface area (Å²) in [6.07, 6.45) is 7.15. The topological polar surface area (TPSA) is 25.2 Å². The van der Waals surface area contributed by atoms with Crippen molar-refractivity contribution in [2.45, 2.75) is 12.5 Å². The SMILES string of the molecule is OC[C@@H]1CC=Cc2cccn21. The maximum Gasteiger partial charge on any atom is 0.0642 e. The van der Waals surface area contributed by atoms with E-state index in [1.54, 1.807) is 0 Å². The van der Waals surface area contributed by atoms with E-state index >= 15 is 0 Å². The van der Waals surface area contributed by atoms with Crippen LogP contribution in [0, 0.1) is 0 Å². The molecule has 1 atom stereocenters. The van der Waals surface area contributed by atoms with Gasteiger partial charge in [-0.25, -0.2) is 0 Å². The van der Waals surface area contributed by atoms with Gasteiger partial charge in [0.15, 0.2) is 0 Å². The summed E-state index contributed by atoms with van der Waals surface area (Å²) in [7, 11) is 0. The fraction of sp³-hybridized carbons (Fsp3) is 0.333. The fourth-order valence-electron chi connectivity index (χ4n) is 1.50. The van der Waals surface area contributed by atoms with Crippen molar-refractivity contribution in [2.24, 2.45) is 0 Å². The molecule has 1 aromatic rings. The van der Waals surface area contributed by atoms with Gasteiger partial charge in [-0.1, -0.05) is 6.08 Å². The Labute approximate surface area is 65.8 Å². The molecule has 0 saturated heterocycles. The molecular weight excluding hydrogens is 138 g/mol. The van der Waals surface area contributed by atoms with Crippen molar-refractivity contribution in [2.75, 3.05) is 6.61 Å². The first-order valence-electron chi connectivity index (χ1n) is 3.86. The lowest BCUT2D eigenvalue weighted by Crippen LogP contribution is -2.14. The number of allylic oxidation sites excluding steroid dienone is 1. The Kier molecular flexibility index (Phi) is 1.55. The van der Waals surface area contributed by atoms with Crippen molar-refractivity contribution in [1.82, 2.24) is 4.57 Å². The molecule has 11 heavy (non-hydrogen) atoms. The van der Waals surface area contributed by atoms with Crippen LogP contribution in [-0.4, -0.2) is 16.3 Å². The van der Waals surface area contributed by atoms with Crippen molar-refractivity contribution < 1.29 is 5.11 Å². The number of rotatable bonds is 1. The van der Waals surface area contributed by atoms with Crippen LogP contribution in [0.2, 0.25) is 0 Å². The summed E-state index contributed by atoms with van der Waals surface area (Å²) in [6.45, 7) is 0.228. The van der Waals surface area contributed by atoms with Crippen LogP contribution in [0.3, 0.4) is 0 Å². The number of aliphatic hydroxyl groups is 1. The van der Waals surface area contributed by atoms with Gasteiger partial charge in [0.05, 0.1) is 12.6 Å². The molecule has 2 heteroatoms. The molecule has 0 bridgehead atoms. The molecule has 0 fully saturated rings. The van der Waals surface area contributed by atoms with Crippen LogP contribution in [0.25, 0.3) is 6.08 Å². The first-order valence-corrected chi connectivity index (χ1v) is 3.86. The third kappa shape index (κ3) is 0.994. The molecule has 58 valence electrons. The summed E-state index contributed by atoms with van der Waals surface area (Å²) in [6, 6.07) is 4.32. The van der Waals surface area contributed by atoms with E-state index in [-0.39, 0.29) is 12.6 Å². The molecule has 2 rings (SSSR count). The van der Waals surface area contributed by atoms with Gasteiger partial charge in [0, 0.05) is 11.9 Å². The Morgan fingerprint density at radius 2 is 2.55 bits per heavy atom. The minimum Gasteiger partial charge on any atom is -0.394 e. The third-order valence-electron chi connectivity index (χ3n) is 2.11. The third-order valence-corrected chi connectivity index (χ3v) is 2.11. The quantitative estimate of drug-likeness (QED) is 0.642. The number of aromatic nitrogens is 1. The molecule has 0 radical (unpaired) electrons. The van der Waals surface area contributed by atoms with Crippen LogP contribution >= 0.6 is 0 Å². The number of aliphatic hydroxyl groups excluding tert-OH is 1. The van der Waals surface area contributed by atoms with E-state index in [2.05, 4.69) is 22.8 Å². The summed E-state index contributed by atoms with van der Waals surface area (Å²) >= 11 is 0. The van der Waals surface area contributed by atoms with E-state index in [0.29, 0.717) is 0 Å². The molecule has 0 unspecified atom stereocenters. The van der Waals surface area contributed by atoms with Gasteiger partial charge in [-0.15, -0.1) is 0 Å². The minimum atomic E-state index is 0.228. The molecule has 1 N–H and O–H groups in total.